The van der Waals surface area contributed by atoms with Crippen molar-refractivity contribution in [3.8, 4) is 11.5 Å². The van der Waals surface area contributed by atoms with Crippen LogP contribution in [-0.2, 0) is 0 Å². The molecule has 1 aliphatic heterocycles. The van der Waals surface area contributed by atoms with Crippen LogP contribution in [-0.4, -0.2) is 44.0 Å². The fourth-order valence-corrected chi connectivity index (χ4v) is 2.34. The van der Waals surface area contributed by atoms with E-state index in [0.717, 1.165) is 25.9 Å². The standard InChI is InChI=1S/C13H15N5O2/c1-9-3-2-6-18(8-9)13(19)12-16-11(17-20-12)10-7-14-4-5-15-10/h4-5,7,9H,2-3,6,8H2,1H3. The van der Waals surface area contributed by atoms with Crippen LogP contribution in [0.25, 0.3) is 11.5 Å². The van der Waals surface area contributed by atoms with Crippen LogP contribution in [0, 0.1) is 5.92 Å². The van der Waals surface area contributed by atoms with E-state index in [9.17, 15) is 4.79 Å². The van der Waals surface area contributed by atoms with Crippen molar-refractivity contribution < 1.29 is 9.32 Å². The van der Waals surface area contributed by atoms with Crippen molar-refractivity contribution in [2.75, 3.05) is 13.1 Å². The second-order valence-electron chi connectivity index (χ2n) is 5.01. The molecule has 1 unspecified atom stereocenters. The monoisotopic (exact) mass is 273 g/mol. The van der Waals surface area contributed by atoms with Crippen molar-refractivity contribution in [3.63, 3.8) is 0 Å². The summed E-state index contributed by atoms with van der Waals surface area (Å²) in [6.07, 6.45) is 6.79. The Morgan fingerprint density at radius 1 is 1.45 bits per heavy atom. The molecule has 1 saturated heterocycles. The topological polar surface area (TPSA) is 85.0 Å². The highest BCUT2D eigenvalue weighted by Crippen LogP contribution is 2.18. The summed E-state index contributed by atoms with van der Waals surface area (Å²) >= 11 is 0. The predicted molar refractivity (Wildman–Crippen MR) is 69.6 cm³/mol. The number of nitrogens with zero attached hydrogens (tertiary/aromatic N) is 5. The lowest BCUT2D eigenvalue weighted by atomic mass is 10.0. The molecule has 1 aliphatic rings. The van der Waals surface area contributed by atoms with Gasteiger partial charge >= 0.3 is 11.8 Å². The van der Waals surface area contributed by atoms with E-state index >= 15 is 0 Å². The molecule has 0 bridgehead atoms. The van der Waals surface area contributed by atoms with Gasteiger partial charge in [0.15, 0.2) is 0 Å². The van der Waals surface area contributed by atoms with E-state index in [0.29, 0.717) is 11.6 Å². The summed E-state index contributed by atoms with van der Waals surface area (Å²) in [5.41, 5.74) is 0.488. The number of carbonyl (C=O) groups excluding carboxylic acids is 1. The summed E-state index contributed by atoms with van der Waals surface area (Å²) in [6.45, 7) is 3.62. The largest absolute Gasteiger partial charge is 0.334 e. The number of aromatic nitrogens is 4. The van der Waals surface area contributed by atoms with Gasteiger partial charge in [0.05, 0.1) is 6.20 Å². The molecule has 0 aliphatic carbocycles. The van der Waals surface area contributed by atoms with Gasteiger partial charge < -0.3 is 9.42 Å². The quantitative estimate of drug-likeness (QED) is 0.822. The molecule has 1 fully saturated rings. The smallest absolute Gasteiger partial charge is 0.316 e. The summed E-state index contributed by atoms with van der Waals surface area (Å²) in [6, 6.07) is 0. The maximum Gasteiger partial charge on any atom is 0.316 e. The molecule has 0 spiro atoms. The zero-order valence-electron chi connectivity index (χ0n) is 11.2. The molecular formula is C13H15N5O2. The maximum absolute atomic E-state index is 12.3. The highest BCUT2D eigenvalue weighted by molar-refractivity contribution is 5.90. The van der Waals surface area contributed by atoms with E-state index < -0.39 is 0 Å². The number of amides is 1. The first kappa shape index (κ1) is 12.7. The molecule has 2 aromatic heterocycles. The molecule has 20 heavy (non-hydrogen) atoms. The van der Waals surface area contributed by atoms with Crippen LogP contribution in [0.5, 0.6) is 0 Å². The fourth-order valence-electron chi connectivity index (χ4n) is 2.34. The molecule has 104 valence electrons. The summed E-state index contributed by atoms with van der Waals surface area (Å²) in [5, 5.41) is 3.79. The van der Waals surface area contributed by atoms with Gasteiger partial charge in [-0.3, -0.25) is 9.78 Å². The molecule has 7 nitrogen and oxygen atoms in total. The molecule has 2 aromatic rings. The summed E-state index contributed by atoms with van der Waals surface area (Å²) in [7, 11) is 0. The molecule has 0 saturated carbocycles. The van der Waals surface area contributed by atoms with Crippen LogP contribution in [0.1, 0.15) is 30.5 Å². The molecule has 0 N–H and O–H groups in total. The number of hydrogen-bond donors (Lipinski definition) is 0. The van der Waals surface area contributed by atoms with Crippen molar-refractivity contribution in [3.05, 3.63) is 24.5 Å². The third-order valence-electron chi connectivity index (χ3n) is 3.35. The third kappa shape index (κ3) is 2.52. The van der Waals surface area contributed by atoms with E-state index in [1.807, 2.05) is 0 Å². The molecule has 7 heteroatoms. The Morgan fingerprint density at radius 2 is 2.35 bits per heavy atom. The van der Waals surface area contributed by atoms with Crippen molar-refractivity contribution in [1.29, 1.82) is 0 Å². The Morgan fingerprint density at radius 3 is 3.10 bits per heavy atom. The molecule has 3 rings (SSSR count). The average Bonchev–Trinajstić information content (AvgIpc) is 2.97. The van der Waals surface area contributed by atoms with E-state index in [2.05, 4.69) is 27.0 Å². The summed E-state index contributed by atoms with van der Waals surface area (Å²) in [4.78, 5) is 26.2. The number of piperidine rings is 1. The zero-order chi connectivity index (χ0) is 13.9. The van der Waals surface area contributed by atoms with Gasteiger partial charge in [-0.2, -0.15) is 4.98 Å². The Balaban J connectivity index is 1.78. The van der Waals surface area contributed by atoms with Gasteiger partial charge in [0.25, 0.3) is 0 Å². The SMILES string of the molecule is CC1CCCN(C(=O)c2nc(-c3cnccn3)no2)C1. The Labute approximate surface area is 116 Å². The van der Waals surface area contributed by atoms with Crippen molar-refractivity contribution in [1.82, 2.24) is 25.0 Å². The van der Waals surface area contributed by atoms with Crippen LogP contribution >= 0.6 is 0 Å². The first-order chi connectivity index (χ1) is 9.74. The van der Waals surface area contributed by atoms with E-state index in [-0.39, 0.29) is 17.6 Å². The summed E-state index contributed by atoms with van der Waals surface area (Å²) < 4.78 is 5.05. The van der Waals surface area contributed by atoms with E-state index in [1.54, 1.807) is 17.3 Å². The number of hydrogen-bond acceptors (Lipinski definition) is 6. The number of carbonyl (C=O) groups is 1. The van der Waals surface area contributed by atoms with Crippen molar-refractivity contribution >= 4 is 5.91 Å². The maximum atomic E-state index is 12.3. The van der Waals surface area contributed by atoms with Gasteiger partial charge in [0.2, 0.25) is 5.82 Å². The van der Waals surface area contributed by atoms with Crippen LogP contribution in [0.4, 0.5) is 0 Å². The van der Waals surface area contributed by atoms with E-state index in [4.69, 9.17) is 4.52 Å². The lowest BCUT2D eigenvalue weighted by Crippen LogP contribution is -2.39. The first-order valence-electron chi connectivity index (χ1n) is 6.63. The molecule has 1 atom stereocenters. The Hall–Kier alpha value is -2.31. The molecule has 1 amide bonds. The normalized spacial score (nSPS) is 19.1. The first-order valence-corrected chi connectivity index (χ1v) is 6.63. The van der Waals surface area contributed by atoms with Crippen molar-refractivity contribution in [2.24, 2.45) is 5.92 Å². The summed E-state index contributed by atoms with van der Waals surface area (Å²) in [5.74, 6) is 0.598. The third-order valence-corrected chi connectivity index (χ3v) is 3.35. The van der Waals surface area contributed by atoms with Gasteiger partial charge in [0.1, 0.15) is 5.69 Å². The van der Waals surface area contributed by atoms with Gasteiger partial charge in [-0.25, -0.2) is 4.98 Å². The molecule has 0 aromatic carbocycles. The zero-order valence-corrected chi connectivity index (χ0v) is 11.2. The van der Waals surface area contributed by atoms with Gasteiger partial charge in [-0.15, -0.1) is 0 Å². The lowest BCUT2D eigenvalue weighted by Gasteiger charge is -2.29. The van der Waals surface area contributed by atoms with Crippen LogP contribution in [0.15, 0.2) is 23.1 Å². The minimum atomic E-state index is -0.209. The second-order valence-corrected chi connectivity index (χ2v) is 5.01. The average molecular weight is 273 g/mol. The van der Waals surface area contributed by atoms with Gasteiger partial charge in [-0.05, 0) is 18.8 Å². The minimum Gasteiger partial charge on any atom is -0.334 e. The highest BCUT2D eigenvalue weighted by Gasteiger charge is 2.26. The Bertz CT molecular complexity index is 598. The minimum absolute atomic E-state index is 0.0137. The second kappa shape index (κ2) is 5.36. The predicted octanol–water partition coefficient (Wildman–Crippen LogP) is 1.40. The highest BCUT2D eigenvalue weighted by atomic mass is 16.5. The van der Waals surface area contributed by atoms with E-state index in [1.165, 1.54) is 6.20 Å². The lowest BCUT2D eigenvalue weighted by molar-refractivity contribution is 0.0633. The van der Waals surface area contributed by atoms with Gasteiger partial charge in [0, 0.05) is 25.5 Å². The molecule has 0 radical (unpaired) electrons. The van der Waals surface area contributed by atoms with Crippen LogP contribution in [0.2, 0.25) is 0 Å². The number of rotatable bonds is 2. The van der Waals surface area contributed by atoms with Crippen molar-refractivity contribution in [2.45, 2.75) is 19.8 Å². The van der Waals surface area contributed by atoms with Gasteiger partial charge in [-0.1, -0.05) is 12.1 Å². The fraction of sp³-hybridized carbons (Fsp3) is 0.462. The molecule has 3 heterocycles. The number of likely N-dealkylation sites (tertiary alicyclic amines) is 1. The van der Waals surface area contributed by atoms with Crippen LogP contribution in [0.3, 0.4) is 0 Å². The van der Waals surface area contributed by atoms with Crippen LogP contribution < -0.4 is 0 Å². The molecular weight excluding hydrogens is 258 g/mol. The Kier molecular flexibility index (Phi) is 3.41.